The molecular formula is C15H16O4. The Morgan fingerprint density at radius 2 is 1.58 bits per heavy atom. The molecule has 2 aromatic rings. The first-order chi connectivity index (χ1) is 9.22. The van der Waals surface area contributed by atoms with Crippen LogP contribution in [0, 0.1) is 0 Å². The Morgan fingerprint density at radius 3 is 2.21 bits per heavy atom. The van der Waals surface area contributed by atoms with E-state index in [1.165, 1.54) is 6.07 Å². The summed E-state index contributed by atoms with van der Waals surface area (Å²) in [5, 5.41) is 28.7. The van der Waals surface area contributed by atoms with E-state index in [-0.39, 0.29) is 11.5 Å². The van der Waals surface area contributed by atoms with Crippen LogP contribution in [0.5, 0.6) is 11.5 Å². The predicted octanol–water partition coefficient (Wildman–Crippen LogP) is 1.87. The third-order valence-corrected chi connectivity index (χ3v) is 2.78. The van der Waals surface area contributed by atoms with E-state index in [0.717, 1.165) is 5.56 Å². The van der Waals surface area contributed by atoms with Crippen molar-refractivity contribution in [2.75, 3.05) is 6.61 Å². The number of para-hydroxylation sites is 2. The molecule has 0 aliphatic carbocycles. The molecule has 0 fully saturated rings. The van der Waals surface area contributed by atoms with Gasteiger partial charge in [-0.1, -0.05) is 42.5 Å². The predicted molar refractivity (Wildman–Crippen MR) is 71.0 cm³/mol. The molecule has 0 aliphatic rings. The largest absolute Gasteiger partial charge is 0.504 e. The molecule has 2 rings (SSSR count). The lowest BCUT2D eigenvalue weighted by molar-refractivity contribution is -0.00285. The number of phenols is 1. The van der Waals surface area contributed by atoms with Gasteiger partial charge >= 0.3 is 0 Å². The maximum absolute atomic E-state index is 9.87. The van der Waals surface area contributed by atoms with Gasteiger partial charge in [-0.3, -0.25) is 0 Å². The standard InChI is InChI=1S/C15H16O4/c16-10-13(18)15(11-6-2-1-3-7-11)19-14-9-5-4-8-12(14)17/h1-9,13,15-18H,10H2. The number of aliphatic hydroxyl groups is 2. The second kappa shape index (κ2) is 6.22. The van der Waals surface area contributed by atoms with Crippen LogP contribution in [0.4, 0.5) is 0 Å². The molecule has 4 heteroatoms. The van der Waals surface area contributed by atoms with Crippen molar-refractivity contribution in [1.82, 2.24) is 0 Å². The highest BCUT2D eigenvalue weighted by Gasteiger charge is 2.23. The maximum atomic E-state index is 9.87. The Balaban J connectivity index is 2.27. The minimum atomic E-state index is -1.07. The first-order valence-electron chi connectivity index (χ1n) is 6.01. The van der Waals surface area contributed by atoms with Gasteiger partial charge in [0.25, 0.3) is 0 Å². The van der Waals surface area contributed by atoms with E-state index in [1.807, 2.05) is 18.2 Å². The zero-order valence-electron chi connectivity index (χ0n) is 10.3. The molecule has 0 saturated heterocycles. The monoisotopic (exact) mass is 260 g/mol. The third kappa shape index (κ3) is 3.24. The molecule has 0 aliphatic heterocycles. The normalized spacial score (nSPS) is 13.8. The van der Waals surface area contributed by atoms with Crippen molar-refractivity contribution in [2.24, 2.45) is 0 Å². The van der Waals surface area contributed by atoms with Gasteiger partial charge in [0.2, 0.25) is 0 Å². The first-order valence-corrected chi connectivity index (χ1v) is 6.01. The van der Waals surface area contributed by atoms with Crippen LogP contribution in [0.2, 0.25) is 0 Å². The van der Waals surface area contributed by atoms with Gasteiger partial charge < -0.3 is 20.1 Å². The highest BCUT2D eigenvalue weighted by Crippen LogP contribution is 2.31. The second-order valence-electron chi connectivity index (χ2n) is 4.17. The van der Waals surface area contributed by atoms with Gasteiger partial charge in [-0.15, -0.1) is 0 Å². The fourth-order valence-electron chi connectivity index (χ4n) is 1.80. The van der Waals surface area contributed by atoms with Gasteiger partial charge in [-0.2, -0.15) is 0 Å². The van der Waals surface area contributed by atoms with Crippen LogP contribution >= 0.6 is 0 Å². The summed E-state index contributed by atoms with van der Waals surface area (Å²) in [6.07, 6.45) is -1.80. The molecule has 0 aromatic heterocycles. The highest BCUT2D eigenvalue weighted by atomic mass is 16.5. The SMILES string of the molecule is OCC(O)C(Oc1ccccc1O)c1ccccc1. The van der Waals surface area contributed by atoms with Crippen molar-refractivity contribution in [3.8, 4) is 11.5 Å². The molecule has 100 valence electrons. The summed E-state index contributed by atoms with van der Waals surface area (Å²) in [7, 11) is 0. The van der Waals surface area contributed by atoms with E-state index in [4.69, 9.17) is 9.84 Å². The lowest BCUT2D eigenvalue weighted by Crippen LogP contribution is -2.27. The van der Waals surface area contributed by atoms with E-state index < -0.39 is 18.8 Å². The van der Waals surface area contributed by atoms with Gasteiger partial charge in [-0.05, 0) is 17.7 Å². The van der Waals surface area contributed by atoms with Crippen molar-refractivity contribution in [3.63, 3.8) is 0 Å². The van der Waals surface area contributed by atoms with Crippen molar-refractivity contribution >= 4 is 0 Å². The number of benzene rings is 2. The van der Waals surface area contributed by atoms with Crippen molar-refractivity contribution in [2.45, 2.75) is 12.2 Å². The number of ether oxygens (including phenoxy) is 1. The summed E-state index contributed by atoms with van der Waals surface area (Å²) in [4.78, 5) is 0. The summed E-state index contributed by atoms with van der Waals surface area (Å²) in [6, 6.07) is 15.6. The number of phenolic OH excluding ortho intramolecular Hbond substituents is 1. The van der Waals surface area contributed by atoms with Crippen LogP contribution in [-0.2, 0) is 0 Å². The Labute approximate surface area is 111 Å². The molecule has 3 N–H and O–H groups in total. The lowest BCUT2D eigenvalue weighted by Gasteiger charge is -2.23. The van der Waals surface area contributed by atoms with Gasteiger partial charge in [0.1, 0.15) is 6.10 Å². The molecule has 0 bridgehead atoms. The summed E-state index contributed by atoms with van der Waals surface area (Å²) in [5.41, 5.74) is 0.729. The van der Waals surface area contributed by atoms with Gasteiger partial charge in [0, 0.05) is 0 Å². The summed E-state index contributed by atoms with van der Waals surface area (Å²) in [5.74, 6) is 0.262. The molecule has 2 unspecified atom stereocenters. The van der Waals surface area contributed by atoms with E-state index in [2.05, 4.69) is 0 Å². The minimum Gasteiger partial charge on any atom is -0.504 e. The smallest absolute Gasteiger partial charge is 0.162 e. The van der Waals surface area contributed by atoms with Crippen LogP contribution in [0.1, 0.15) is 11.7 Å². The van der Waals surface area contributed by atoms with Gasteiger partial charge in [0.15, 0.2) is 17.6 Å². The van der Waals surface area contributed by atoms with E-state index in [0.29, 0.717) is 0 Å². The van der Waals surface area contributed by atoms with E-state index >= 15 is 0 Å². The van der Waals surface area contributed by atoms with E-state index in [1.54, 1.807) is 30.3 Å². The van der Waals surface area contributed by atoms with Gasteiger partial charge in [-0.25, -0.2) is 0 Å². The molecule has 19 heavy (non-hydrogen) atoms. The Kier molecular flexibility index (Phi) is 4.39. The fourth-order valence-corrected chi connectivity index (χ4v) is 1.80. The van der Waals surface area contributed by atoms with Crippen LogP contribution in [0.3, 0.4) is 0 Å². The fraction of sp³-hybridized carbons (Fsp3) is 0.200. The van der Waals surface area contributed by atoms with Crippen molar-refractivity contribution in [1.29, 1.82) is 0 Å². The minimum absolute atomic E-state index is 0.00595. The molecule has 2 aromatic carbocycles. The molecule has 0 radical (unpaired) electrons. The highest BCUT2D eigenvalue weighted by molar-refractivity contribution is 5.38. The topological polar surface area (TPSA) is 69.9 Å². The number of aliphatic hydroxyl groups excluding tert-OH is 2. The van der Waals surface area contributed by atoms with Crippen LogP contribution < -0.4 is 4.74 Å². The Hall–Kier alpha value is -2.04. The average Bonchev–Trinajstić information content (AvgIpc) is 2.46. The maximum Gasteiger partial charge on any atom is 0.162 e. The molecule has 4 nitrogen and oxygen atoms in total. The summed E-state index contributed by atoms with van der Waals surface area (Å²) >= 11 is 0. The molecular weight excluding hydrogens is 244 g/mol. The van der Waals surface area contributed by atoms with E-state index in [9.17, 15) is 10.2 Å². The number of hydrogen-bond donors (Lipinski definition) is 3. The summed E-state index contributed by atoms with van der Waals surface area (Å²) < 4.78 is 5.62. The van der Waals surface area contributed by atoms with Crippen molar-refractivity contribution < 1.29 is 20.1 Å². The van der Waals surface area contributed by atoms with Crippen LogP contribution in [-0.4, -0.2) is 28.0 Å². The Bertz CT molecular complexity index is 513. The Morgan fingerprint density at radius 1 is 0.947 bits per heavy atom. The molecule has 0 spiro atoms. The zero-order valence-corrected chi connectivity index (χ0v) is 10.3. The second-order valence-corrected chi connectivity index (χ2v) is 4.17. The number of hydrogen-bond acceptors (Lipinski definition) is 4. The summed E-state index contributed by atoms with van der Waals surface area (Å²) in [6.45, 7) is -0.423. The molecule has 0 saturated carbocycles. The van der Waals surface area contributed by atoms with Crippen molar-refractivity contribution in [3.05, 3.63) is 60.2 Å². The molecule has 0 heterocycles. The third-order valence-electron chi connectivity index (χ3n) is 2.78. The first kappa shape index (κ1) is 13.4. The quantitative estimate of drug-likeness (QED) is 0.767. The van der Waals surface area contributed by atoms with Gasteiger partial charge in [0.05, 0.1) is 6.61 Å². The molecule has 2 atom stereocenters. The average molecular weight is 260 g/mol. The lowest BCUT2D eigenvalue weighted by atomic mass is 10.0. The van der Waals surface area contributed by atoms with Crippen LogP contribution in [0.25, 0.3) is 0 Å². The number of aromatic hydroxyl groups is 1. The number of rotatable bonds is 5. The molecule has 0 amide bonds. The zero-order chi connectivity index (χ0) is 13.7. The van der Waals surface area contributed by atoms with Crippen LogP contribution in [0.15, 0.2) is 54.6 Å².